The number of nitrogens with two attached hydrogens (primary N) is 1. The van der Waals surface area contributed by atoms with Crippen LogP contribution in [0.4, 0.5) is 22.0 Å². The number of hydrogen-bond acceptors (Lipinski definition) is 6. The highest BCUT2D eigenvalue weighted by Crippen LogP contribution is 2.39. The maximum atomic E-state index is 14.5. The third kappa shape index (κ3) is 3.19. The maximum absolute atomic E-state index is 14.5. The molecule has 7 nitrogen and oxygen atoms in total. The largest absolute Gasteiger partial charge is 0.338 e. The predicted octanol–water partition coefficient (Wildman–Crippen LogP) is 2.09. The minimum Gasteiger partial charge on any atom is -0.338 e. The second-order valence-electron chi connectivity index (χ2n) is 6.73. The highest BCUT2D eigenvalue weighted by atomic mass is 19.1. The Bertz CT molecular complexity index is 714. The summed E-state index contributed by atoms with van der Waals surface area (Å²) in [6.07, 6.45) is 5.37. The first-order valence-corrected chi connectivity index (χ1v) is 8.44. The molecule has 1 aliphatic carbocycles. The van der Waals surface area contributed by atoms with Gasteiger partial charge in [0, 0.05) is 37.0 Å². The van der Waals surface area contributed by atoms with Crippen molar-refractivity contribution >= 4 is 17.6 Å². The van der Waals surface area contributed by atoms with Gasteiger partial charge in [-0.15, -0.1) is 0 Å². The number of alkyl halides is 1. The average molecular weight is 331 g/mol. The zero-order valence-electron chi connectivity index (χ0n) is 13.5. The Kier molecular flexibility index (Phi) is 3.84. The summed E-state index contributed by atoms with van der Waals surface area (Å²) < 4.78 is 14.5. The number of aromatic nitrogens is 4. The van der Waals surface area contributed by atoms with Gasteiger partial charge in [0.15, 0.2) is 5.82 Å². The fourth-order valence-corrected chi connectivity index (χ4v) is 3.13. The number of halogens is 1. The molecule has 2 fully saturated rings. The van der Waals surface area contributed by atoms with Crippen LogP contribution in [0, 0.1) is 0 Å². The molecular formula is C16H22FN7. The highest BCUT2D eigenvalue weighted by Gasteiger charge is 2.35. The fourth-order valence-electron chi connectivity index (χ4n) is 3.13. The summed E-state index contributed by atoms with van der Waals surface area (Å²) in [6, 6.07) is 3.80. The van der Waals surface area contributed by atoms with Crippen LogP contribution in [0.3, 0.4) is 0 Å². The summed E-state index contributed by atoms with van der Waals surface area (Å²) in [4.78, 5) is 10.7. The summed E-state index contributed by atoms with van der Waals surface area (Å²) in [5.74, 6) is 2.53. The molecule has 1 saturated carbocycles. The molecule has 3 heterocycles. The molecule has 0 spiro atoms. The van der Waals surface area contributed by atoms with E-state index in [4.69, 9.17) is 5.73 Å². The number of nitrogens with one attached hydrogen (secondary N) is 2. The second kappa shape index (κ2) is 6.01. The Morgan fingerprint density at radius 1 is 1.42 bits per heavy atom. The van der Waals surface area contributed by atoms with E-state index in [1.807, 2.05) is 11.0 Å². The van der Waals surface area contributed by atoms with Gasteiger partial charge >= 0.3 is 0 Å². The molecule has 0 aromatic carbocycles. The van der Waals surface area contributed by atoms with Crippen LogP contribution >= 0.6 is 0 Å². The van der Waals surface area contributed by atoms with Gasteiger partial charge in [0.1, 0.15) is 11.5 Å². The van der Waals surface area contributed by atoms with E-state index in [1.165, 1.54) is 12.8 Å². The molecule has 128 valence electrons. The minimum atomic E-state index is -1.35. The number of piperidine rings is 1. The van der Waals surface area contributed by atoms with Crippen LogP contribution in [0.2, 0.25) is 0 Å². The van der Waals surface area contributed by atoms with Crippen molar-refractivity contribution in [2.75, 3.05) is 29.9 Å². The number of nitrogens with zero attached hydrogens (tertiary/aromatic N) is 4. The van der Waals surface area contributed by atoms with Crippen molar-refractivity contribution in [2.45, 2.75) is 37.3 Å². The minimum absolute atomic E-state index is 0.0264. The van der Waals surface area contributed by atoms with Gasteiger partial charge in [0.05, 0.1) is 6.54 Å². The van der Waals surface area contributed by atoms with Gasteiger partial charge in [-0.25, -0.2) is 9.37 Å². The molecule has 0 amide bonds. The number of aromatic amines is 1. The molecule has 0 radical (unpaired) electrons. The molecule has 4 rings (SSSR count). The van der Waals surface area contributed by atoms with E-state index >= 15 is 0 Å². The van der Waals surface area contributed by atoms with Crippen LogP contribution < -0.4 is 16.0 Å². The summed E-state index contributed by atoms with van der Waals surface area (Å²) in [6.45, 7) is 1.00. The average Bonchev–Trinajstić information content (AvgIpc) is 3.35. The maximum Gasteiger partial charge on any atom is 0.227 e. The molecule has 0 unspecified atom stereocenters. The quantitative estimate of drug-likeness (QED) is 0.776. The predicted molar refractivity (Wildman–Crippen MR) is 90.2 cm³/mol. The number of H-pyrrole nitrogens is 1. The van der Waals surface area contributed by atoms with Gasteiger partial charge in [0.25, 0.3) is 0 Å². The molecule has 2 aliphatic rings. The smallest absolute Gasteiger partial charge is 0.227 e. The van der Waals surface area contributed by atoms with E-state index in [1.54, 1.807) is 12.3 Å². The normalized spacial score (nSPS) is 24.2. The molecule has 1 aliphatic heterocycles. The molecule has 0 bridgehead atoms. The van der Waals surface area contributed by atoms with E-state index in [0.29, 0.717) is 24.1 Å². The van der Waals surface area contributed by atoms with Crippen molar-refractivity contribution in [3.63, 3.8) is 0 Å². The lowest BCUT2D eigenvalue weighted by Crippen LogP contribution is -2.50. The third-order valence-corrected chi connectivity index (χ3v) is 4.69. The first-order chi connectivity index (χ1) is 11.6. The summed E-state index contributed by atoms with van der Waals surface area (Å²) in [7, 11) is 0. The lowest BCUT2D eigenvalue weighted by Gasteiger charge is -2.36. The van der Waals surface area contributed by atoms with Gasteiger partial charge in [-0.05, 0) is 31.7 Å². The summed E-state index contributed by atoms with van der Waals surface area (Å²) in [5.41, 5.74) is 5.38. The van der Waals surface area contributed by atoms with E-state index in [0.717, 1.165) is 24.5 Å². The molecule has 2 aromatic rings. The van der Waals surface area contributed by atoms with Crippen molar-refractivity contribution < 1.29 is 4.39 Å². The number of hydrogen-bond donors (Lipinski definition) is 3. The SMILES string of the molecule is NC[C@@]1(F)CCCN(c2nccc(Nc3cc(C4CC4)[nH]n3)n2)C1. The van der Waals surface area contributed by atoms with Gasteiger partial charge < -0.3 is 16.0 Å². The Balaban J connectivity index is 1.48. The monoisotopic (exact) mass is 331 g/mol. The molecular weight excluding hydrogens is 309 g/mol. The summed E-state index contributed by atoms with van der Waals surface area (Å²) >= 11 is 0. The lowest BCUT2D eigenvalue weighted by atomic mass is 9.95. The van der Waals surface area contributed by atoms with Crippen LogP contribution in [-0.4, -0.2) is 45.5 Å². The number of anilines is 3. The van der Waals surface area contributed by atoms with Crippen LogP contribution in [0.15, 0.2) is 18.3 Å². The van der Waals surface area contributed by atoms with Crippen molar-refractivity contribution in [1.29, 1.82) is 0 Å². The molecule has 1 atom stereocenters. The molecule has 8 heteroatoms. The Labute approximate surface area is 139 Å². The van der Waals surface area contributed by atoms with Crippen molar-refractivity contribution in [3.05, 3.63) is 24.0 Å². The molecule has 1 saturated heterocycles. The number of rotatable bonds is 5. The fraction of sp³-hybridized carbons (Fsp3) is 0.562. The van der Waals surface area contributed by atoms with Crippen LogP contribution in [0.1, 0.15) is 37.3 Å². The van der Waals surface area contributed by atoms with Gasteiger partial charge in [-0.2, -0.15) is 10.1 Å². The second-order valence-corrected chi connectivity index (χ2v) is 6.73. The Hall–Kier alpha value is -2.22. The molecule has 4 N–H and O–H groups in total. The lowest BCUT2D eigenvalue weighted by molar-refractivity contribution is 0.145. The standard InChI is InChI=1S/C16H22FN7/c17-16(9-18)5-1-7-24(10-16)15-19-6-4-13(21-15)20-14-8-12(22-23-14)11-2-3-11/h4,6,8,11H,1-3,5,7,9-10,18H2,(H2,19,20,21,22,23)/t16-/m0/s1. The molecule has 2 aromatic heterocycles. The zero-order valence-corrected chi connectivity index (χ0v) is 13.5. The van der Waals surface area contributed by atoms with E-state index in [2.05, 4.69) is 25.5 Å². The van der Waals surface area contributed by atoms with Crippen molar-refractivity contribution in [3.8, 4) is 0 Å². The zero-order chi connectivity index (χ0) is 16.6. The van der Waals surface area contributed by atoms with Crippen LogP contribution in [0.25, 0.3) is 0 Å². The Morgan fingerprint density at radius 3 is 3.08 bits per heavy atom. The van der Waals surface area contributed by atoms with Crippen molar-refractivity contribution in [2.24, 2.45) is 5.73 Å². The van der Waals surface area contributed by atoms with Gasteiger partial charge in [-0.1, -0.05) is 0 Å². The summed E-state index contributed by atoms with van der Waals surface area (Å²) in [5, 5.41) is 10.5. The first kappa shape index (κ1) is 15.3. The topological polar surface area (TPSA) is 95.8 Å². The van der Waals surface area contributed by atoms with Gasteiger partial charge in [-0.3, -0.25) is 5.10 Å². The third-order valence-electron chi connectivity index (χ3n) is 4.69. The van der Waals surface area contributed by atoms with E-state index in [-0.39, 0.29) is 13.1 Å². The van der Waals surface area contributed by atoms with E-state index < -0.39 is 5.67 Å². The highest BCUT2D eigenvalue weighted by molar-refractivity contribution is 5.53. The first-order valence-electron chi connectivity index (χ1n) is 8.44. The van der Waals surface area contributed by atoms with Crippen LogP contribution in [0.5, 0.6) is 0 Å². The van der Waals surface area contributed by atoms with E-state index in [9.17, 15) is 4.39 Å². The van der Waals surface area contributed by atoms with Crippen molar-refractivity contribution in [1.82, 2.24) is 20.2 Å². The van der Waals surface area contributed by atoms with Gasteiger partial charge in [0.2, 0.25) is 5.95 Å². The Morgan fingerprint density at radius 2 is 2.29 bits per heavy atom. The van der Waals surface area contributed by atoms with Crippen LogP contribution in [-0.2, 0) is 0 Å². The molecule has 24 heavy (non-hydrogen) atoms.